The predicted molar refractivity (Wildman–Crippen MR) is 113 cm³/mol. The second-order valence-corrected chi connectivity index (χ2v) is 6.82. The van der Waals surface area contributed by atoms with E-state index in [1.807, 2.05) is 7.05 Å². The lowest BCUT2D eigenvalue weighted by Gasteiger charge is -2.27. The first-order valence-corrected chi connectivity index (χ1v) is 10.2. The molecule has 1 heterocycles. The van der Waals surface area contributed by atoms with Gasteiger partial charge in [0.1, 0.15) is 0 Å². The molecule has 0 aliphatic carbocycles. The molecule has 0 radical (unpaired) electrons. The number of nitrogens with zero attached hydrogens (tertiary/aromatic N) is 2. The highest BCUT2D eigenvalue weighted by Gasteiger charge is 2.12. The zero-order valence-electron chi connectivity index (χ0n) is 17.4. The topological polar surface area (TPSA) is 67.4 Å². The minimum absolute atomic E-state index is 0.655. The number of morpholine rings is 1. The fourth-order valence-corrected chi connectivity index (χ4v) is 3.06. The van der Waals surface area contributed by atoms with Crippen LogP contribution in [-0.2, 0) is 27.3 Å². The summed E-state index contributed by atoms with van der Waals surface area (Å²) >= 11 is 0. The Morgan fingerprint density at radius 1 is 1.07 bits per heavy atom. The van der Waals surface area contributed by atoms with Gasteiger partial charge in [0.05, 0.1) is 26.4 Å². The second kappa shape index (κ2) is 14.3. The van der Waals surface area contributed by atoms with Gasteiger partial charge in [-0.2, -0.15) is 0 Å². The molecule has 0 saturated carbocycles. The summed E-state index contributed by atoms with van der Waals surface area (Å²) in [5.74, 6) is 0.835. The van der Waals surface area contributed by atoms with E-state index in [-0.39, 0.29) is 0 Å². The standard InChI is InChI=1S/C21H36N4O3/c1-22-21(23-9-5-6-12-27-16-15-26-2)24-17-19-7-3-4-8-20(19)18-25-10-13-28-14-11-25/h3-4,7-8H,5-6,9-18H2,1-2H3,(H2,22,23,24). The van der Waals surface area contributed by atoms with Crippen molar-refractivity contribution < 1.29 is 14.2 Å². The van der Waals surface area contributed by atoms with Gasteiger partial charge in [-0.25, -0.2) is 0 Å². The molecule has 158 valence electrons. The van der Waals surface area contributed by atoms with Gasteiger partial charge in [-0.3, -0.25) is 9.89 Å². The highest BCUT2D eigenvalue weighted by atomic mass is 16.5. The molecule has 7 heteroatoms. The van der Waals surface area contributed by atoms with Crippen LogP contribution in [0.2, 0.25) is 0 Å². The summed E-state index contributed by atoms with van der Waals surface area (Å²) in [7, 11) is 3.50. The lowest BCUT2D eigenvalue weighted by Crippen LogP contribution is -2.38. The average Bonchev–Trinajstić information content (AvgIpc) is 2.74. The Bertz CT molecular complexity index is 562. The fourth-order valence-electron chi connectivity index (χ4n) is 3.06. The van der Waals surface area contributed by atoms with Crippen LogP contribution in [0.15, 0.2) is 29.3 Å². The molecule has 0 spiro atoms. The van der Waals surface area contributed by atoms with Crippen molar-refractivity contribution in [2.75, 3.05) is 66.8 Å². The second-order valence-electron chi connectivity index (χ2n) is 6.82. The molecule has 1 fully saturated rings. The Balaban J connectivity index is 1.68. The minimum Gasteiger partial charge on any atom is -0.382 e. The van der Waals surface area contributed by atoms with Crippen molar-refractivity contribution in [3.63, 3.8) is 0 Å². The number of nitrogens with one attached hydrogen (secondary N) is 2. The molecule has 1 aromatic rings. The number of unbranched alkanes of at least 4 members (excludes halogenated alkanes) is 1. The van der Waals surface area contributed by atoms with Crippen LogP contribution in [0.25, 0.3) is 0 Å². The molecule has 7 nitrogen and oxygen atoms in total. The molecule has 0 amide bonds. The Morgan fingerprint density at radius 2 is 1.86 bits per heavy atom. The van der Waals surface area contributed by atoms with Crippen molar-refractivity contribution in [2.45, 2.75) is 25.9 Å². The molecule has 0 bridgehead atoms. The zero-order valence-corrected chi connectivity index (χ0v) is 17.4. The van der Waals surface area contributed by atoms with E-state index in [2.05, 4.69) is 44.8 Å². The van der Waals surface area contributed by atoms with Crippen LogP contribution >= 0.6 is 0 Å². The predicted octanol–water partition coefficient (Wildman–Crippen LogP) is 1.63. The van der Waals surface area contributed by atoms with Crippen molar-refractivity contribution in [1.82, 2.24) is 15.5 Å². The maximum atomic E-state index is 5.48. The number of rotatable bonds is 12. The minimum atomic E-state index is 0.655. The summed E-state index contributed by atoms with van der Waals surface area (Å²) in [5, 5.41) is 6.80. The van der Waals surface area contributed by atoms with Crippen LogP contribution in [0.3, 0.4) is 0 Å². The first-order chi connectivity index (χ1) is 13.8. The van der Waals surface area contributed by atoms with Crippen LogP contribution in [-0.4, -0.2) is 77.7 Å². The summed E-state index contributed by atoms with van der Waals surface area (Å²) < 4.78 is 15.9. The van der Waals surface area contributed by atoms with Crippen LogP contribution in [0.1, 0.15) is 24.0 Å². The average molecular weight is 393 g/mol. The number of methoxy groups -OCH3 is 1. The van der Waals surface area contributed by atoms with Gasteiger partial charge in [0.15, 0.2) is 5.96 Å². The van der Waals surface area contributed by atoms with Gasteiger partial charge in [-0.15, -0.1) is 0 Å². The van der Waals surface area contributed by atoms with Crippen LogP contribution < -0.4 is 10.6 Å². The molecule has 1 aromatic carbocycles. The highest BCUT2D eigenvalue weighted by Crippen LogP contribution is 2.13. The Labute approximate surface area is 169 Å². The number of aliphatic imine (C=N–C) groups is 1. The van der Waals surface area contributed by atoms with Gasteiger partial charge in [-0.05, 0) is 24.0 Å². The Morgan fingerprint density at radius 3 is 2.61 bits per heavy atom. The molecule has 1 aliphatic rings. The van der Waals surface area contributed by atoms with E-state index in [0.717, 1.165) is 71.3 Å². The van der Waals surface area contributed by atoms with Crippen molar-refractivity contribution in [3.8, 4) is 0 Å². The molecule has 0 atom stereocenters. The SMILES string of the molecule is CN=C(NCCCCOCCOC)NCc1ccccc1CN1CCOCC1. The quantitative estimate of drug-likeness (QED) is 0.320. The zero-order chi connectivity index (χ0) is 19.9. The van der Waals surface area contributed by atoms with E-state index < -0.39 is 0 Å². The third kappa shape index (κ3) is 9.01. The van der Waals surface area contributed by atoms with Crippen molar-refractivity contribution in [2.24, 2.45) is 4.99 Å². The summed E-state index contributed by atoms with van der Waals surface area (Å²) in [5.41, 5.74) is 2.67. The fraction of sp³-hybridized carbons (Fsp3) is 0.667. The highest BCUT2D eigenvalue weighted by molar-refractivity contribution is 5.79. The van der Waals surface area contributed by atoms with E-state index in [0.29, 0.717) is 13.2 Å². The smallest absolute Gasteiger partial charge is 0.191 e. The van der Waals surface area contributed by atoms with Gasteiger partial charge in [0.25, 0.3) is 0 Å². The summed E-state index contributed by atoms with van der Waals surface area (Å²) in [6, 6.07) is 8.61. The Hall–Kier alpha value is -1.67. The molecular formula is C21H36N4O3. The van der Waals surface area contributed by atoms with E-state index in [9.17, 15) is 0 Å². The van der Waals surface area contributed by atoms with E-state index in [4.69, 9.17) is 14.2 Å². The van der Waals surface area contributed by atoms with Crippen LogP contribution in [0.4, 0.5) is 0 Å². The van der Waals surface area contributed by atoms with Gasteiger partial charge in [0.2, 0.25) is 0 Å². The number of hydrogen-bond acceptors (Lipinski definition) is 5. The first kappa shape index (κ1) is 22.6. The molecule has 0 aromatic heterocycles. The maximum absolute atomic E-state index is 5.48. The number of ether oxygens (including phenoxy) is 3. The third-order valence-corrected chi connectivity index (χ3v) is 4.73. The number of hydrogen-bond donors (Lipinski definition) is 2. The largest absolute Gasteiger partial charge is 0.382 e. The van der Waals surface area contributed by atoms with E-state index in [1.165, 1.54) is 11.1 Å². The van der Waals surface area contributed by atoms with Gasteiger partial charge in [-0.1, -0.05) is 24.3 Å². The molecule has 0 unspecified atom stereocenters. The number of guanidine groups is 1. The van der Waals surface area contributed by atoms with Crippen LogP contribution in [0.5, 0.6) is 0 Å². The van der Waals surface area contributed by atoms with Gasteiger partial charge < -0.3 is 24.8 Å². The van der Waals surface area contributed by atoms with E-state index >= 15 is 0 Å². The first-order valence-electron chi connectivity index (χ1n) is 10.2. The molecule has 2 N–H and O–H groups in total. The lowest BCUT2D eigenvalue weighted by atomic mass is 10.1. The monoisotopic (exact) mass is 392 g/mol. The molecule has 1 aliphatic heterocycles. The summed E-state index contributed by atoms with van der Waals surface area (Å²) in [6.45, 7) is 8.35. The molecule has 1 saturated heterocycles. The van der Waals surface area contributed by atoms with Crippen molar-refractivity contribution in [3.05, 3.63) is 35.4 Å². The lowest BCUT2D eigenvalue weighted by molar-refractivity contribution is 0.0341. The molecule has 2 rings (SSSR count). The van der Waals surface area contributed by atoms with Gasteiger partial charge in [0, 0.05) is 53.5 Å². The molecule has 28 heavy (non-hydrogen) atoms. The van der Waals surface area contributed by atoms with Crippen molar-refractivity contribution in [1.29, 1.82) is 0 Å². The van der Waals surface area contributed by atoms with Crippen molar-refractivity contribution >= 4 is 5.96 Å². The van der Waals surface area contributed by atoms with Crippen LogP contribution in [0, 0.1) is 0 Å². The third-order valence-electron chi connectivity index (χ3n) is 4.73. The Kier molecular flexibility index (Phi) is 11.6. The normalized spacial score (nSPS) is 15.6. The molecular weight excluding hydrogens is 356 g/mol. The summed E-state index contributed by atoms with van der Waals surface area (Å²) in [6.07, 6.45) is 2.07. The van der Waals surface area contributed by atoms with Gasteiger partial charge >= 0.3 is 0 Å². The summed E-state index contributed by atoms with van der Waals surface area (Å²) in [4.78, 5) is 6.77. The van der Waals surface area contributed by atoms with E-state index in [1.54, 1.807) is 7.11 Å². The maximum Gasteiger partial charge on any atom is 0.191 e. The number of benzene rings is 1.